The molecule has 0 spiro atoms. The monoisotopic (exact) mass is 306 g/mol. The number of halogens is 2. The summed E-state index contributed by atoms with van der Waals surface area (Å²) in [5.41, 5.74) is 2.97. The van der Waals surface area contributed by atoms with Crippen molar-refractivity contribution in [2.45, 2.75) is 13.8 Å². The molecule has 2 N–H and O–H groups in total. The number of hydrogen-bond acceptors (Lipinski definition) is 2. The largest absolute Gasteiger partial charge is 0.376 e. The van der Waals surface area contributed by atoms with Crippen LogP contribution in [0.4, 0.5) is 15.8 Å². The third kappa shape index (κ3) is 4.46. The zero-order valence-corrected chi connectivity index (χ0v) is 12.6. The van der Waals surface area contributed by atoms with Crippen LogP contribution < -0.4 is 10.6 Å². The van der Waals surface area contributed by atoms with Crippen molar-refractivity contribution in [2.24, 2.45) is 0 Å². The van der Waals surface area contributed by atoms with Gasteiger partial charge < -0.3 is 10.6 Å². The van der Waals surface area contributed by atoms with E-state index >= 15 is 0 Å². The average Bonchev–Trinajstić information content (AvgIpc) is 2.40. The molecule has 110 valence electrons. The molecule has 2 aromatic rings. The minimum atomic E-state index is -0.330. The van der Waals surface area contributed by atoms with Crippen molar-refractivity contribution >= 4 is 28.9 Å². The van der Waals surface area contributed by atoms with Crippen molar-refractivity contribution in [3.8, 4) is 0 Å². The van der Waals surface area contributed by atoms with E-state index in [0.29, 0.717) is 16.4 Å². The fraction of sp³-hybridized carbons (Fsp3) is 0.188. The van der Waals surface area contributed by atoms with Crippen LogP contribution >= 0.6 is 11.6 Å². The van der Waals surface area contributed by atoms with E-state index in [1.54, 1.807) is 25.1 Å². The number of anilines is 2. The van der Waals surface area contributed by atoms with Crippen LogP contribution in [-0.4, -0.2) is 12.5 Å². The van der Waals surface area contributed by atoms with E-state index in [4.69, 9.17) is 11.6 Å². The summed E-state index contributed by atoms with van der Waals surface area (Å²) in [7, 11) is 0. The van der Waals surface area contributed by atoms with Crippen LogP contribution in [0.2, 0.25) is 5.02 Å². The van der Waals surface area contributed by atoms with Crippen molar-refractivity contribution in [2.75, 3.05) is 17.2 Å². The van der Waals surface area contributed by atoms with Crippen LogP contribution in [0.25, 0.3) is 0 Å². The number of amides is 1. The van der Waals surface area contributed by atoms with E-state index in [1.807, 2.05) is 13.0 Å². The molecule has 0 aliphatic rings. The van der Waals surface area contributed by atoms with E-state index in [0.717, 1.165) is 11.1 Å². The van der Waals surface area contributed by atoms with Gasteiger partial charge in [-0.25, -0.2) is 4.39 Å². The summed E-state index contributed by atoms with van der Waals surface area (Å²) in [6.45, 7) is 3.73. The molecule has 21 heavy (non-hydrogen) atoms. The van der Waals surface area contributed by atoms with Gasteiger partial charge in [0.05, 0.1) is 6.54 Å². The first-order valence-corrected chi connectivity index (χ1v) is 6.89. The van der Waals surface area contributed by atoms with E-state index in [-0.39, 0.29) is 18.3 Å². The van der Waals surface area contributed by atoms with Crippen molar-refractivity contribution in [3.63, 3.8) is 0 Å². The quantitative estimate of drug-likeness (QED) is 0.891. The van der Waals surface area contributed by atoms with Crippen molar-refractivity contribution in [3.05, 3.63) is 58.4 Å². The molecule has 0 heterocycles. The Morgan fingerprint density at radius 1 is 1.19 bits per heavy atom. The van der Waals surface area contributed by atoms with Crippen LogP contribution in [0.15, 0.2) is 36.4 Å². The van der Waals surface area contributed by atoms with Crippen molar-refractivity contribution in [1.29, 1.82) is 0 Å². The Bertz CT molecular complexity index is 653. The zero-order chi connectivity index (χ0) is 15.4. The first kappa shape index (κ1) is 15.3. The molecule has 0 aromatic heterocycles. The normalized spacial score (nSPS) is 10.3. The van der Waals surface area contributed by atoms with Gasteiger partial charge in [0, 0.05) is 16.4 Å². The van der Waals surface area contributed by atoms with Gasteiger partial charge >= 0.3 is 0 Å². The summed E-state index contributed by atoms with van der Waals surface area (Å²) in [4.78, 5) is 11.9. The topological polar surface area (TPSA) is 41.1 Å². The molecular formula is C16H16ClFN2O. The Balaban J connectivity index is 1.97. The van der Waals surface area contributed by atoms with Crippen LogP contribution in [0.3, 0.4) is 0 Å². The highest BCUT2D eigenvalue weighted by atomic mass is 35.5. The Morgan fingerprint density at radius 3 is 2.67 bits per heavy atom. The second-order valence-electron chi connectivity index (χ2n) is 4.88. The molecule has 2 rings (SSSR count). The van der Waals surface area contributed by atoms with Gasteiger partial charge in [0.25, 0.3) is 0 Å². The number of carbonyl (C=O) groups is 1. The minimum absolute atomic E-state index is 0.0504. The molecule has 0 fully saturated rings. The zero-order valence-electron chi connectivity index (χ0n) is 11.8. The third-order valence-corrected chi connectivity index (χ3v) is 3.20. The summed E-state index contributed by atoms with van der Waals surface area (Å²) < 4.78 is 13.2. The van der Waals surface area contributed by atoms with Gasteiger partial charge in [0.15, 0.2) is 0 Å². The first-order chi connectivity index (χ1) is 9.94. The molecule has 3 nitrogen and oxygen atoms in total. The first-order valence-electron chi connectivity index (χ1n) is 6.51. The van der Waals surface area contributed by atoms with E-state index in [1.165, 1.54) is 12.1 Å². The average molecular weight is 307 g/mol. The summed E-state index contributed by atoms with van der Waals surface area (Å²) >= 11 is 5.90. The number of hydrogen-bond donors (Lipinski definition) is 2. The van der Waals surface area contributed by atoms with Crippen molar-refractivity contribution < 1.29 is 9.18 Å². The fourth-order valence-electron chi connectivity index (χ4n) is 1.94. The Kier molecular flexibility index (Phi) is 4.81. The lowest BCUT2D eigenvalue weighted by Gasteiger charge is -2.10. The Hall–Kier alpha value is -2.07. The van der Waals surface area contributed by atoms with E-state index < -0.39 is 0 Å². The highest BCUT2D eigenvalue weighted by molar-refractivity contribution is 6.31. The molecule has 0 aliphatic heterocycles. The third-order valence-electron chi connectivity index (χ3n) is 2.97. The van der Waals surface area contributed by atoms with Crippen LogP contribution in [0.5, 0.6) is 0 Å². The Morgan fingerprint density at radius 2 is 1.95 bits per heavy atom. The van der Waals surface area contributed by atoms with Gasteiger partial charge in [-0.3, -0.25) is 4.79 Å². The van der Waals surface area contributed by atoms with Gasteiger partial charge in [-0.2, -0.15) is 0 Å². The number of carbonyl (C=O) groups excluding carboxylic acids is 1. The lowest BCUT2D eigenvalue weighted by molar-refractivity contribution is -0.114. The van der Waals surface area contributed by atoms with Crippen LogP contribution in [-0.2, 0) is 4.79 Å². The highest BCUT2D eigenvalue weighted by Crippen LogP contribution is 2.20. The molecule has 1 amide bonds. The lowest BCUT2D eigenvalue weighted by atomic mass is 10.2. The van der Waals surface area contributed by atoms with Gasteiger partial charge in [0.2, 0.25) is 5.91 Å². The molecule has 0 saturated carbocycles. The second-order valence-corrected chi connectivity index (χ2v) is 5.31. The maximum atomic E-state index is 13.2. The predicted molar refractivity (Wildman–Crippen MR) is 84.4 cm³/mol. The number of benzene rings is 2. The molecule has 2 aromatic carbocycles. The highest BCUT2D eigenvalue weighted by Gasteiger charge is 2.06. The van der Waals surface area contributed by atoms with E-state index in [9.17, 15) is 9.18 Å². The molecule has 0 radical (unpaired) electrons. The summed E-state index contributed by atoms with van der Waals surface area (Å²) in [6.07, 6.45) is 0. The molecular weight excluding hydrogens is 291 g/mol. The van der Waals surface area contributed by atoms with Gasteiger partial charge in [-0.15, -0.1) is 0 Å². The number of nitrogens with one attached hydrogen (secondary N) is 2. The lowest BCUT2D eigenvalue weighted by Crippen LogP contribution is -2.22. The van der Waals surface area contributed by atoms with Crippen molar-refractivity contribution in [1.82, 2.24) is 0 Å². The van der Waals surface area contributed by atoms with Gasteiger partial charge in [0.1, 0.15) is 5.82 Å². The SMILES string of the molecule is Cc1cc(F)cc(NCC(=O)Nc2cc(Cl)ccc2C)c1. The predicted octanol–water partition coefficient (Wildman–Crippen LogP) is 4.15. The fourth-order valence-corrected chi connectivity index (χ4v) is 2.12. The van der Waals surface area contributed by atoms with Gasteiger partial charge in [-0.1, -0.05) is 17.7 Å². The standard InChI is InChI=1S/C16H16ClFN2O/c1-10-5-13(18)8-14(6-10)19-9-16(21)20-15-7-12(17)4-3-11(15)2/h3-8,19H,9H2,1-2H3,(H,20,21). The molecule has 0 aliphatic carbocycles. The number of rotatable bonds is 4. The summed E-state index contributed by atoms with van der Waals surface area (Å²) in [5.74, 6) is -0.550. The smallest absolute Gasteiger partial charge is 0.243 e. The molecule has 0 unspecified atom stereocenters. The Labute approximate surface area is 128 Å². The maximum absolute atomic E-state index is 13.2. The second kappa shape index (κ2) is 6.59. The summed E-state index contributed by atoms with van der Waals surface area (Å²) in [5, 5.41) is 6.23. The molecule has 0 saturated heterocycles. The molecule has 0 bridgehead atoms. The van der Waals surface area contributed by atoms with Crippen LogP contribution in [0, 0.1) is 19.7 Å². The molecule has 5 heteroatoms. The van der Waals surface area contributed by atoms with Gasteiger partial charge in [-0.05, 0) is 55.3 Å². The van der Waals surface area contributed by atoms with Crippen LogP contribution in [0.1, 0.15) is 11.1 Å². The minimum Gasteiger partial charge on any atom is -0.376 e. The van der Waals surface area contributed by atoms with E-state index in [2.05, 4.69) is 10.6 Å². The number of aryl methyl sites for hydroxylation is 2. The molecule has 0 atom stereocenters. The summed E-state index contributed by atoms with van der Waals surface area (Å²) in [6, 6.07) is 9.86. The maximum Gasteiger partial charge on any atom is 0.243 e.